The van der Waals surface area contributed by atoms with Crippen LogP contribution in [0.2, 0.25) is 0 Å². The molecule has 2 rings (SSSR count). The molecular formula is C17H21NO. The fourth-order valence-electron chi connectivity index (χ4n) is 2.25. The lowest BCUT2D eigenvalue weighted by molar-refractivity contribution is 0.219. The van der Waals surface area contributed by atoms with Gasteiger partial charge in [0.25, 0.3) is 0 Å². The van der Waals surface area contributed by atoms with Crippen molar-refractivity contribution in [2.75, 3.05) is 6.54 Å². The Hall–Kier alpha value is -1.64. The predicted molar refractivity (Wildman–Crippen MR) is 79.1 cm³/mol. The second-order valence-corrected chi connectivity index (χ2v) is 4.89. The summed E-state index contributed by atoms with van der Waals surface area (Å²) in [4.78, 5) is 0. The SMILES string of the molecule is Cc1ccccc1C(O)c1ccc(CCCN)cc1. The molecule has 2 aromatic carbocycles. The molecule has 0 bridgehead atoms. The molecule has 3 N–H and O–H groups in total. The molecule has 0 spiro atoms. The van der Waals surface area contributed by atoms with E-state index in [-0.39, 0.29) is 0 Å². The zero-order valence-electron chi connectivity index (χ0n) is 11.3. The summed E-state index contributed by atoms with van der Waals surface area (Å²) in [5, 5.41) is 10.4. The first-order chi connectivity index (χ1) is 9.22. The Morgan fingerprint density at radius 2 is 1.74 bits per heavy atom. The number of aliphatic hydroxyl groups excluding tert-OH is 1. The number of hydrogen-bond acceptors (Lipinski definition) is 2. The maximum atomic E-state index is 10.4. The lowest BCUT2D eigenvalue weighted by Crippen LogP contribution is -2.03. The highest BCUT2D eigenvalue weighted by molar-refractivity contribution is 5.36. The Bertz CT molecular complexity index is 519. The molecule has 100 valence electrons. The van der Waals surface area contributed by atoms with Gasteiger partial charge in [-0.15, -0.1) is 0 Å². The van der Waals surface area contributed by atoms with Crippen LogP contribution in [0, 0.1) is 6.92 Å². The smallest absolute Gasteiger partial charge is 0.104 e. The maximum Gasteiger partial charge on any atom is 0.104 e. The molecule has 0 aliphatic heterocycles. The fourth-order valence-corrected chi connectivity index (χ4v) is 2.25. The zero-order valence-corrected chi connectivity index (χ0v) is 11.3. The first kappa shape index (κ1) is 13.8. The summed E-state index contributed by atoms with van der Waals surface area (Å²) in [6.07, 6.45) is 1.45. The summed E-state index contributed by atoms with van der Waals surface area (Å²) in [6.45, 7) is 2.74. The lowest BCUT2D eigenvalue weighted by atomic mass is 9.96. The van der Waals surface area contributed by atoms with E-state index in [4.69, 9.17) is 5.73 Å². The van der Waals surface area contributed by atoms with E-state index in [1.165, 1.54) is 5.56 Å². The summed E-state index contributed by atoms with van der Waals surface area (Å²) in [5.74, 6) is 0. The molecule has 1 unspecified atom stereocenters. The molecular weight excluding hydrogens is 234 g/mol. The van der Waals surface area contributed by atoms with Crippen molar-refractivity contribution in [2.45, 2.75) is 25.9 Å². The number of aliphatic hydroxyl groups is 1. The second-order valence-electron chi connectivity index (χ2n) is 4.89. The monoisotopic (exact) mass is 255 g/mol. The van der Waals surface area contributed by atoms with Gasteiger partial charge in [-0.25, -0.2) is 0 Å². The van der Waals surface area contributed by atoms with Gasteiger partial charge in [0.05, 0.1) is 0 Å². The maximum absolute atomic E-state index is 10.4. The minimum Gasteiger partial charge on any atom is -0.384 e. The highest BCUT2D eigenvalue weighted by Gasteiger charge is 2.11. The average molecular weight is 255 g/mol. The number of rotatable bonds is 5. The topological polar surface area (TPSA) is 46.2 Å². The number of hydrogen-bond donors (Lipinski definition) is 2. The van der Waals surface area contributed by atoms with Gasteiger partial charge in [0.15, 0.2) is 0 Å². The van der Waals surface area contributed by atoms with E-state index in [1.807, 2.05) is 43.3 Å². The molecule has 0 fully saturated rings. The largest absolute Gasteiger partial charge is 0.384 e. The molecule has 0 aliphatic carbocycles. The average Bonchev–Trinajstić information content (AvgIpc) is 2.45. The molecule has 0 saturated heterocycles. The molecule has 0 saturated carbocycles. The number of aryl methyl sites for hydroxylation is 2. The summed E-state index contributed by atoms with van der Waals surface area (Å²) < 4.78 is 0. The number of benzene rings is 2. The summed E-state index contributed by atoms with van der Waals surface area (Å²) in [6, 6.07) is 16.1. The zero-order chi connectivity index (χ0) is 13.7. The van der Waals surface area contributed by atoms with Crippen LogP contribution in [0.5, 0.6) is 0 Å². The van der Waals surface area contributed by atoms with Crippen molar-refractivity contribution in [3.05, 3.63) is 70.8 Å². The Balaban J connectivity index is 2.16. The normalized spacial score (nSPS) is 12.4. The Morgan fingerprint density at radius 1 is 1.05 bits per heavy atom. The van der Waals surface area contributed by atoms with Crippen LogP contribution in [-0.4, -0.2) is 11.7 Å². The van der Waals surface area contributed by atoms with Crippen LogP contribution < -0.4 is 5.73 Å². The van der Waals surface area contributed by atoms with Crippen LogP contribution in [0.25, 0.3) is 0 Å². The first-order valence-electron chi connectivity index (χ1n) is 6.75. The van der Waals surface area contributed by atoms with Gasteiger partial charge in [-0.2, -0.15) is 0 Å². The molecule has 19 heavy (non-hydrogen) atoms. The molecule has 0 aromatic heterocycles. The molecule has 2 aromatic rings. The van der Waals surface area contributed by atoms with E-state index in [0.29, 0.717) is 6.54 Å². The van der Waals surface area contributed by atoms with Gasteiger partial charge in [-0.05, 0) is 48.6 Å². The molecule has 0 heterocycles. The molecule has 0 radical (unpaired) electrons. The van der Waals surface area contributed by atoms with Crippen LogP contribution in [0.3, 0.4) is 0 Å². The minimum atomic E-state index is -0.551. The highest BCUT2D eigenvalue weighted by Crippen LogP contribution is 2.24. The minimum absolute atomic E-state index is 0.551. The van der Waals surface area contributed by atoms with Crippen molar-refractivity contribution in [2.24, 2.45) is 5.73 Å². The molecule has 1 atom stereocenters. The fraction of sp³-hybridized carbons (Fsp3) is 0.294. The second kappa shape index (κ2) is 6.50. The van der Waals surface area contributed by atoms with E-state index >= 15 is 0 Å². The van der Waals surface area contributed by atoms with E-state index in [9.17, 15) is 5.11 Å². The third kappa shape index (κ3) is 3.43. The van der Waals surface area contributed by atoms with Crippen LogP contribution in [0.15, 0.2) is 48.5 Å². The lowest BCUT2D eigenvalue weighted by Gasteiger charge is -2.14. The van der Waals surface area contributed by atoms with Gasteiger partial charge in [0.1, 0.15) is 6.10 Å². The van der Waals surface area contributed by atoms with Gasteiger partial charge in [-0.3, -0.25) is 0 Å². The number of nitrogens with two attached hydrogens (primary N) is 1. The summed E-state index contributed by atoms with van der Waals surface area (Å²) >= 11 is 0. The van der Waals surface area contributed by atoms with Crippen LogP contribution in [0.4, 0.5) is 0 Å². The van der Waals surface area contributed by atoms with Crippen molar-refractivity contribution in [3.63, 3.8) is 0 Å². The Labute approximate surface area is 114 Å². The van der Waals surface area contributed by atoms with E-state index < -0.39 is 6.10 Å². The van der Waals surface area contributed by atoms with Crippen LogP contribution in [-0.2, 0) is 6.42 Å². The van der Waals surface area contributed by atoms with Crippen molar-refractivity contribution >= 4 is 0 Å². The van der Waals surface area contributed by atoms with Gasteiger partial charge >= 0.3 is 0 Å². The highest BCUT2D eigenvalue weighted by atomic mass is 16.3. The standard InChI is InChI=1S/C17H21NO/c1-13-5-2-3-7-16(13)17(19)15-10-8-14(9-11-15)6-4-12-18/h2-3,5,7-11,17,19H,4,6,12,18H2,1H3. The summed E-state index contributed by atoms with van der Waals surface area (Å²) in [5.41, 5.74) is 9.80. The van der Waals surface area contributed by atoms with E-state index in [2.05, 4.69) is 12.1 Å². The first-order valence-corrected chi connectivity index (χ1v) is 6.75. The van der Waals surface area contributed by atoms with Crippen molar-refractivity contribution in [1.29, 1.82) is 0 Å². The van der Waals surface area contributed by atoms with Gasteiger partial charge in [-0.1, -0.05) is 48.5 Å². The predicted octanol–water partition coefficient (Wildman–Crippen LogP) is 2.97. The molecule has 0 aliphatic rings. The third-order valence-corrected chi connectivity index (χ3v) is 3.45. The van der Waals surface area contributed by atoms with E-state index in [0.717, 1.165) is 29.5 Å². The Kier molecular flexibility index (Phi) is 4.72. The quantitative estimate of drug-likeness (QED) is 0.863. The van der Waals surface area contributed by atoms with Crippen LogP contribution in [0.1, 0.15) is 34.8 Å². The molecule has 0 amide bonds. The van der Waals surface area contributed by atoms with E-state index in [1.54, 1.807) is 0 Å². The van der Waals surface area contributed by atoms with Crippen LogP contribution >= 0.6 is 0 Å². The van der Waals surface area contributed by atoms with Crippen molar-refractivity contribution < 1.29 is 5.11 Å². The Morgan fingerprint density at radius 3 is 2.37 bits per heavy atom. The molecule has 2 heteroatoms. The third-order valence-electron chi connectivity index (χ3n) is 3.45. The van der Waals surface area contributed by atoms with Gasteiger partial charge in [0.2, 0.25) is 0 Å². The summed E-state index contributed by atoms with van der Waals surface area (Å²) in [7, 11) is 0. The van der Waals surface area contributed by atoms with Crippen molar-refractivity contribution in [1.82, 2.24) is 0 Å². The van der Waals surface area contributed by atoms with Gasteiger partial charge in [0, 0.05) is 0 Å². The van der Waals surface area contributed by atoms with Gasteiger partial charge < -0.3 is 10.8 Å². The molecule has 2 nitrogen and oxygen atoms in total. The van der Waals surface area contributed by atoms with Crippen molar-refractivity contribution in [3.8, 4) is 0 Å².